The topological polar surface area (TPSA) is 54.5 Å². The number of aryl methyl sites for hydroxylation is 1. The molecule has 28 heavy (non-hydrogen) atoms. The zero-order valence-corrected chi connectivity index (χ0v) is 15.9. The number of rotatable bonds is 5. The van der Waals surface area contributed by atoms with E-state index in [1.54, 1.807) is 6.20 Å². The number of ether oxygens (including phenoxy) is 1. The van der Waals surface area contributed by atoms with E-state index in [1.165, 1.54) is 11.3 Å². The predicted molar refractivity (Wildman–Crippen MR) is 112 cm³/mol. The summed E-state index contributed by atoms with van der Waals surface area (Å²) in [5, 5.41) is 2.90. The highest BCUT2D eigenvalue weighted by atomic mass is 16.5. The van der Waals surface area contributed by atoms with E-state index in [0.717, 1.165) is 30.8 Å². The van der Waals surface area contributed by atoms with Crippen LogP contribution in [0.1, 0.15) is 29.4 Å². The molecule has 1 aliphatic heterocycles. The smallest absolute Gasteiger partial charge is 0.274 e. The van der Waals surface area contributed by atoms with E-state index in [2.05, 4.69) is 39.5 Å². The van der Waals surface area contributed by atoms with Crippen molar-refractivity contribution in [2.75, 3.05) is 23.4 Å². The molecule has 1 aromatic heterocycles. The number of nitrogens with zero attached hydrogens (tertiary/aromatic N) is 2. The maximum atomic E-state index is 12.7. The first kappa shape index (κ1) is 18.0. The molecule has 0 saturated heterocycles. The third-order valence-electron chi connectivity index (χ3n) is 4.82. The maximum absolute atomic E-state index is 12.7. The number of pyridine rings is 1. The lowest BCUT2D eigenvalue weighted by Gasteiger charge is -2.31. The standard InChI is InChI=1S/C23H23N3O2/c1-2-28-20-11-9-18(10-12-20)25-23(27)21-16-19(13-14-24-21)26-15-5-7-17-6-3-4-8-22(17)26/h3-4,6,8-14,16H,2,5,7,15H2,1H3,(H,25,27). The Bertz CT molecular complexity index is 970. The summed E-state index contributed by atoms with van der Waals surface area (Å²) >= 11 is 0. The van der Waals surface area contributed by atoms with Gasteiger partial charge in [-0.15, -0.1) is 0 Å². The molecule has 2 heterocycles. The number of amides is 1. The fraction of sp³-hybridized carbons (Fsp3) is 0.217. The molecule has 0 unspecified atom stereocenters. The molecule has 3 aromatic rings. The summed E-state index contributed by atoms with van der Waals surface area (Å²) in [6.45, 7) is 3.48. The Morgan fingerprint density at radius 1 is 1.14 bits per heavy atom. The van der Waals surface area contributed by atoms with Gasteiger partial charge in [0.2, 0.25) is 0 Å². The monoisotopic (exact) mass is 373 g/mol. The van der Waals surface area contributed by atoms with Crippen molar-refractivity contribution in [3.05, 3.63) is 78.1 Å². The summed E-state index contributed by atoms with van der Waals surface area (Å²) < 4.78 is 5.43. The van der Waals surface area contributed by atoms with Crippen LogP contribution in [0.4, 0.5) is 17.1 Å². The van der Waals surface area contributed by atoms with Gasteiger partial charge in [-0.3, -0.25) is 9.78 Å². The van der Waals surface area contributed by atoms with Gasteiger partial charge in [0.25, 0.3) is 5.91 Å². The Balaban J connectivity index is 1.53. The van der Waals surface area contributed by atoms with Gasteiger partial charge in [0.05, 0.1) is 6.61 Å². The third kappa shape index (κ3) is 3.83. The molecule has 142 valence electrons. The summed E-state index contributed by atoms with van der Waals surface area (Å²) in [4.78, 5) is 19.2. The second-order valence-corrected chi connectivity index (χ2v) is 6.69. The summed E-state index contributed by atoms with van der Waals surface area (Å²) in [6.07, 6.45) is 3.87. The van der Waals surface area contributed by atoms with Crippen molar-refractivity contribution in [3.8, 4) is 5.75 Å². The van der Waals surface area contributed by atoms with Gasteiger partial charge in [0.1, 0.15) is 11.4 Å². The molecule has 0 spiro atoms. The average Bonchev–Trinajstić information content (AvgIpc) is 2.75. The fourth-order valence-corrected chi connectivity index (χ4v) is 3.51. The first-order valence-corrected chi connectivity index (χ1v) is 9.60. The SMILES string of the molecule is CCOc1ccc(NC(=O)c2cc(N3CCCc4ccccc43)ccn2)cc1. The highest BCUT2D eigenvalue weighted by molar-refractivity contribution is 6.03. The average molecular weight is 373 g/mol. The van der Waals surface area contributed by atoms with E-state index in [4.69, 9.17) is 4.74 Å². The molecule has 4 rings (SSSR count). The lowest BCUT2D eigenvalue weighted by molar-refractivity contribution is 0.102. The molecule has 0 saturated carbocycles. The third-order valence-corrected chi connectivity index (χ3v) is 4.82. The number of hydrogen-bond acceptors (Lipinski definition) is 4. The molecule has 1 amide bonds. The van der Waals surface area contributed by atoms with Gasteiger partial charge in [-0.05, 0) is 67.8 Å². The zero-order valence-electron chi connectivity index (χ0n) is 15.9. The summed E-state index contributed by atoms with van der Waals surface area (Å²) in [5.41, 5.74) is 4.64. The van der Waals surface area contributed by atoms with E-state index >= 15 is 0 Å². The maximum Gasteiger partial charge on any atom is 0.274 e. The minimum Gasteiger partial charge on any atom is -0.494 e. The van der Waals surface area contributed by atoms with Gasteiger partial charge in [0.15, 0.2) is 0 Å². The van der Waals surface area contributed by atoms with E-state index in [0.29, 0.717) is 18.0 Å². The number of carbonyl (C=O) groups excluding carboxylic acids is 1. The fourth-order valence-electron chi connectivity index (χ4n) is 3.51. The number of anilines is 3. The van der Waals surface area contributed by atoms with Gasteiger partial charge < -0.3 is 15.0 Å². The van der Waals surface area contributed by atoms with Crippen LogP contribution in [0.25, 0.3) is 0 Å². The Hall–Kier alpha value is -3.34. The van der Waals surface area contributed by atoms with Gasteiger partial charge in [-0.25, -0.2) is 0 Å². The lowest BCUT2D eigenvalue weighted by atomic mass is 10.0. The van der Waals surface area contributed by atoms with Crippen LogP contribution >= 0.6 is 0 Å². The molecule has 0 radical (unpaired) electrons. The molecule has 0 atom stereocenters. The van der Waals surface area contributed by atoms with Crippen LogP contribution in [0.5, 0.6) is 5.75 Å². The van der Waals surface area contributed by atoms with Crippen LogP contribution in [-0.4, -0.2) is 24.0 Å². The lowest BCUT2D eigenvalue weighted by Crippen LogP contribution is -2.25. The molecule has 1 aliphatic rings. The van der Waals surface area contributed by atoms with Crippen molar-refractivity contribution in [1.29, 1.82) is 0 Å². The Kier molecular flexibility index (Phi) is 5.24. The highest BCUT2D eigenvalue weighted by Crippen LogP contribution is 2.33. The van der Waals surface area contributed by atoms with E-state index < -0.39 is 0 Å². The van der Waals surface area contributed by atoms with Crippen LogP contribution in [-0.2, 0) is 6.42 Å². The number of carbonyl (C=O) groups is 1. The summed E-state index contributed by atoms with van der Waals surface area (Å²) in [6, 6.07) is 19.6. The molecular weight excluding hydrogens is 350 g/mol. The van der Waals surface area contributed by atoms with Crippen molar-refractivity contribution in [1.82, 2.24) is 4.98 Å². The number of fused-ring (bicyclic) bond motifs is 1. The highest BCUT2D eigenvalue weighted by Gasteiger charge is 2.19. The molecule has 0 aliphatic carbocycles. The van der Waals surface area contributed by atoms with Gasteiger partial charge in [0, 0.05) is 29.8 Å². The van der Waals surface area contributed by atoms with Crippen LogP contribution in [0, 0.1) is 0 Å². The molecule has 5 nitrogen and oxygen atoms in total. The van der Waals surface area contributed by atoms with E-state index in [-0.39, 0.29) is 5.91 Å². The van der Waals surface area contributed by atoms with Gasteiger partial charge in [-0.2, -0.15) is 0 Å². The molecule has 2 aromatic carbocycles. The number of benzene rings is 2. The van der Waals surface area contributed by atoms with Crippen molar-refractivity contribution < 1.29 is 9.53 Å². The summed E-state index contributed by atoms with van der Waals surface area (Å²) in [5.74, 6) is 0.556. The first-order chi connectivity index (χ1) is 13.7. The van der Waals surface area contributed by atoms with Crippen molar-refractivity contribution >= 4 is 23.0 Å². The van der Waals surface area contributed by atoms with Crippen LogP contribution in [0.15, 0.2) is 66.9 Å². The molecule has 5 heteroatoms. The van der Waals surface area contributed by atoms with E-state index in [1.807, 2.05) is 43.3 Å². The van der Waals surface area contributed by atoms with Crippen LogP contribution < -0.4 is 15.0 Å². The Morgan fingerprint density at radius 3 is 2.79 bits per heavy atom. The van der Waals surface area contributed by atoms with Crippen molar-refractivity contribution in [3.63, 3.8) is 0 Å². The number of para-hydroxylation sites is 1. The Morgan fingerprint density at radius 2 is 1.96 bits per heavy atom. The van der Waals surface area contributed by atoms with Crippen molar-refractivity contribution in [2.24, 2.45) is 0 Å². The minimum atomic E-state index is -0.226. The normalized spacial score (nSPS) is 13.0. The molecular formula is C23H23N3O2. The molecule has 0 bridgehead atoms. The van der Waals surface area contributed by atoms with Gasteiger partial charge in [-0.1, -0.05) is 18.2 Å². The second-order valence-electron chi connectivity index (χ2n) is 6.69. The van der Waals surface area contributed by atoms with Gasteiger partial charge >= 0.3 is 0 Å². The zero-order chi connectivity index (χ0) is 19.3. The van der Waals surface area contributed by atoms with Crippen LogP contribution in [0.3, 0.4) is 0 Å². The molecule has 1 N–H and O–H groups in total. The van der Waals surface area contributed by atoms with Crippen LogP contribution in [0.2, 0.25) is 0 Å². The second kappa shape index (κ2) is 8.13. The quantitative estimate of drug-likeness (QED) is 0.697. The van der Waals surface area contributed by atoms with Crippen molar-refractivity contribution in [2.45, 2.75) is 19.8 Å². The number of aromatic nitrogens is 1. The predicted octanol–water partition coefficient (Wildman–Crippen LogP) is 4.82. The van der Waals surface area contributed by atoms with E-state index in [9.17, 15) is 4.79 Å². The molecule has 0 fully saturated rings. The Labute approximate surface area is 165 Å². The first-order valence-electron chi connectivity index (χ1n) is 9.60. The summed E-state index contributed by atoms with van der Waals surface area (Å²) in [7, 11) is 0. The minimum absolute atomic E-state index is 0.226. The number of hydrogen-bond donors (Lipinski definition) is 1. The largest absolute Gasteiger partial charge is 0.494 e. The number of nitrogens with one attached hydrogen (secondary N) is 1.